The fourth-order valence-corrected chi connectivity index (χ4v) is 4.04. The molecular weight excluding hydrogens is 411 g/mol. The summed E-state index contributed by atoms with van der Waals surface area (Å²) in [4.78, 5) is 22.6. The van der Waals surface area contributed by atoms with Crippen molar-refractivity contribution >= 4 is 19.4 Å². The lowest BCUT2D eigenvalue weighted by Crippen LogP contribution is -2.37. The molecule has 2 aromatic carbocycles. The van der Waals surface area contributed by atoms with Crippen molar-refractivity contribution in [1.29, 1.82) is 0 Å². The molecule has 0 radical (unpaired) electrons. The minimum atomic E-state index is -4.09. The topological polar surface area (TPSA) is 117 Å². The molecule has 2 rings (SSSR count). The highest BCUT2D eigenvalue weighted by Gasteiger charge is 2.34. The molecule has 2 aromatic rings. The second-order valence-electron chi connectivity index (χ2n) is 6.63. The van der Waals surface area contributed by atoms with Crippen molar-refractivity contribution < 1.29 is 28.1 Å². The van der Waals surface area contributed by atoms with Crippen LogP contribution in [0.15, 0.2) is 54.6 Å². The standard InChI is InChI=1S/C20H25N2O7P/c1-4-8-15(2)27-20(23)16(3)21-30(26,28-18-9-6-5-7-10-18)29-19-13-11-17(12-14-19)22(24)25/h5-7,9-16H,4,8H2,1-3H3,(H,21,26)/t15?,16-,30?/m0/s1. The number of nitro benzene ring substituents is 1. The molecule has 9 nitrogen and oxygen atoms in total. The van der Waals surface area contributed by atoms with E-state index >= 15 is 0 Å². The van der Waals surface area contributed by atoms with Gasteiger partial charge in [-0.2, -0.15) is 5.09 Å². The number of carbonyl (C=O) groups is 1. The minimum Gasteiger partial charge on any atom is -0.462 e. The van der Waals surface area contributed by atoms with Crippen molar-refractivity contribution in [3.63, 3.8) is 0 Å². The average Bonchev–Trinajstić information content (AvgIpc) is 2.69. The smallest absolute Gasteiger partial charge is 0.462 e. The Morgan fingerprint density at radius 3 is 2.17 bits per heavy atom. The van der Waals surface area contributed by atoms with E-state index in [4.69, 9.17) is 13.8 Å². The largest absolute Gasteiger partial charge is 0.513 e. The number of benzene rings is 2. The number of carbonyl (C=O) groups excluding carboxylic acids is 1. The lowest BCUT2D eigenvalue weighted by molar-refractivity contribution is -0.384. The quantitative estimate of drug-likeness (QED) is 0.229. The van der Waals surface area contributed by atoms with Crippen molar-refractivity contribution in [2.24, 2.45) is 0 Å². The first kappa shape index (κ1) is 23.4. The maximum absolute atomic E-state index is 13.4. The van der Waals surface area contributed by atoms with Gasteiger partial charge in [0.05, 0.1) is 11.0 Å². The van der Waals surface area contributed by atoms with Gasteiger partial charge in [0.1, 0.15) is 17.5 Å². The molecule has 10 heteroatoms. The van der Waals surface area contributed by atoms with E-state index in [-0.39, 0.29) is 23.3 Å². The van der Waals surface area contributed by atoms with Gasteiger partial charge >= 0.3 is 13.7 Å². The predicted octanol–water partition coefficient (Wildman–Crippen LogP) is 4.87. The van der Waals surface area contributed by atoms with E-state index in [1.165, 1.54) is 31.2 Å². The number of nitrogens with zero attached hydrogens (tertiary/aromatic N) is 1. The van der Waals surface area contributed by atoms with Crippen LogP contribution in [0.4, 0.5) is 5.69 Å². The molecule has 0 aliphatic heterocycles. The molecule has 0 aliphatic carbocycles. The zero-order valence-electron chi connectivity index (χ0n) is 17.0. The van der Waals surface area contributed by atoms with Gasteiger partial charge < -0.3 is 13.8 Å². The first-order valence-corrected chi connectivity index (χ1v) is 11.0. The van der Waals surface area contributed by atoms with Crippen LogP contribution in [0.25, 0.3) is 0 Å². The van der Waals surface area contributed by atoms with Crippen molar-refractivity contribution in [2.45, 2.75) is 45.8 Å². The lowest BCUT2D eigenvalue weighted by atomic mass is 10.2. The van der Waals surface area contributed by atoms with Crippen LogP contribution in [0.1, 0.15) is 33.6 Å². The second-order valence-corrected chi connectivity index (χ2v) is 8.25. The van der Waals surface area contributed by atoms with E-state index in [0.29, 0.717) is 6.42 Å². The Hall–Kier alpha value is -2.90. The molecule has 0 heterocycles. The molecule has 0 aromatic heterocycles. The van der Waals surface area contributed by atoms with Crippen LogP contribution >= 0.6 is 7.75 Å². The van der Waals surface area contributed by atoms with Gasteiger partial charge in [-0.25, -0.2) is 4.57 Å². The zero-order chi connectivity index (χ0) is 22.1. The molecule has 30 heavy (non-hydrogen) atoms. The molecule has 0 fully saturated rings. The minimum absolute atomic E-state index is 0.0762. The van der Waals surface area contributed by atoms with Gasteiger partial charge in [0.15, 0.2) is 0 Å². The van der Waals surface area contributed by atoms with E-state index < -0.39 is 24.7 Å². The summed E-state index contributed by atoms with van der Waals surface area (Å²) in [6, 6.07) is 12.3. The SMILES string of the molecule is CCCC(C)OC(=O)[C@H](C)NP(=O)(Oc1ccccc1)Oc1ccc([N+](=O)[O-])cc1. The predicted molar refractivity (Wildman–Crippen MR) is 111 cm³/mol. The molecule has 0 saturated heterocycles. The number of ether oxygens (including phenoxy) is 1. The van der Waals surface area contributed by atoms with Crippen LogP contribution in [-0.2, 0) is 14.1 Å². The van der Waals surface area contributed by atoms with E-state index in [9.17, 15) is 19.5 Å². The molecule has 3 atom stereocenters. The van der Waals surface area contributed by atoms with E-state index in [1.807, 2.05) is 6.92 Å². The third kappa shape index (κ3) is 7.17. The summed E-state index contributed by atoms with van der Waals surface area (Å²) in [6.45, 7) is 5.24. The zero-order valence-corrected chi connectivity index (χ0v) is 17.9. The van der Waals surface area contributed by atoms with Gasteiger partial charge in [-0.05, 0) is 44.5 Å². The van der Waals surface area contributed by atoms with E-state index in [0.717, 1.165) is 6.42 Å². The Morgan fingerprint density at radius 1 is 1.07 bits per heavy atom. The van der Waals surface area contributed by atoms with Gasteiger partial charge in [-0.1, -0.05) is 31.5 Å². The summed E-state index contributed by atoms with van der Waals surface area (Å²) in [5.41, 5.74) is -0.143. The summed E-state index contributed by atoms with van der Waals surface area (Å²) in [7, 11) is -4.09. The molecular formula is C20H25N2O7P. The van der Waals surface area contributed by atoms with Gasteiger partial charge in [-0.3, -0.25) is 14.9 Å². The third-order valence-electron chi connectivity index (χ3n) is 3.96. The van der Waals surface area contributed by atoms with Crippen LogP contribution < -0.4 is 14.1 Å². The lowest BCUT2D eigenvalue weighted by Gasteiger charge is -2.24. The fraction of sp³-hybridized carbons (Fsp3) is 0.350. The van der Waals surface area contributed by atoms with Gasteiger partial charge in [0.2, 0.25) is 0 Å². The number of rotatable bonds is 11. The first-order chi connectivity index (χ1) is 14.2. The number of hydrogen-bond donors (Lipinski definition) is 1. The molecule has 2 unspecified atom stereocenters. The van der Waals surface area contributed by atoms with Crippen LogP contribution in [-0.4, -0.2) is 23.0 Å². The highest BCUT2D eigenvalue weighted by Crippen LogP contribution is 2.45. The summed E-state index contributed by atoms with van der Waals surface area (Å²) in [5.74, 6) is -0.261. The van der Waals surface area contributed by atoms with E-state index in [1.54, 1.807) is 37.3 Å². The Labute approximate surface area is 175 Å². The first-order valence-electron chi connectivity index (χ1n) is 9.49. The molecule has 0 saturated carbocycles. The van der Waals surface area contributed by atoms with E-state index in [2.05, 4.69) is 5.09 Å². The highest BCUT2D eigenvalue weighted by molar-refractivity contribution is 7.52. The Balaban J connectivity index is 2.19. The normalized spacial score (nSPS) is 14.8. The van der Waals surface area contributed by atoms with Crippen molar-refractivity contribution in [2.75, 3.05) is 0 Å². The maximum Gasteiger partial charge on any atom is 0.513 e. The molecule has 0 amide bonds. The molecule has 1 N–H and O–H groups in total. The monoisotopic (exact) mass is 436 g/mol. The fourth-order valence-electron chi connectivity index (χ4n) is 2.51. The average molecular weight is 436 g/mol. The number of hydrogen-bond acceptors (Lipinski definition) is 7. The molecule has 0 spiro atoms. The van der Waals surface area contributed by atoms with Gasteiger partial charge in [0.25, 0.3) is 5.69 Å². The Kier molecular flexibility index (Phi) is 8.38. The second kappa shape index (κ2) is 10.8. The number of esters is 1. The summed E-state index contributed by atoms with van der Waals surface area (Å²) >= 11 is 0. The molecule has 0 bridgehead atoms. The molecule has 0 aliphatic rings. The van der Waals surface area contributed by atoms with Gasteiger partial charge in [-0.15, -0.1) is 0 Å². The third-order valence-corrected chi connectivity index (χ3v) is 5.57. The van der Waals surface area contributed by atoms with Crippen LogP contribution in [0.3, 0.4) is 0 Å². The number of non-ortho nitro benzene ring substituents is 1. The Morgan fingerprint density at radius 2 is 1.63 bits per heavy atom. The highest BCUT2D eigenvalue weighted by atomic mass is 31.2. The van der Waals surface area contributed by atoms with Crippen molar-refractivity contribution in [1.82, 2.24) is 5.09 Å². The number of para-hydroxylation sites is 1. The molecule has 162 valence electrons. The van der Waals surface area contributed by atoms with Crippen LogP contribution in [0.5, 0.6) is 11.5 Å². The number of nitro groups is 1. The van der Waals surface area contributed by atoms with Crippen molar-refractivity contribution in [3.05, 3.63) is 64.7 Å². The Bertz CT molecular complexity index is 890. The summed E-state index contributed by atoms with van der Waals surface area (Å²) < 4.78 is 29.8. The van der Waals surface area contributed by atoms with Crippen LogP contribution in [0, 0.1) is 10.1 Å². The van der Waals surface area contributed by atoms with Crippen LogP contribution in [0.2, 0.25) is 0 Å². The van der Waals surface area contributed by atoms with Gasteiger partial charge in [0, 0.05) is 12.1 Å². The van der Waals surface area contributed by atoms with Crippen molar-refractivity contribution in [3.8, 4) is 11.5 Å². The maximum atomic E-state index is 13.4. The summed E-state index contributed by atoms with van der Waals surface area (Å²) in [6.07, 6.45) is 1.28. The number of nitrogens with one attached hydrogen (secondary N) is 1. The summed E-state index contributed by atoms with van der Waals surface area (Å²) in [5, 5.41) is 13.4.